The number of hydrogen-bond acceptors (Lipinski definition) is 4. The SMILES string of the molecule is CCCCn1c(=O)c2sccc2n(CC(=O)N(CCC)CCC)c1=O. The first-order valence-corrected chi connectivity index (χ1v) is 9.91. The maximum atomic E-state index is 12.8. The molecule has 0 unspecified atom stereocenters. The van der Waals surface area contributed by atoms with E-state index in [1.54, 1.807) is 16.3 Å². The lowest BCUT2D eigenvalue weighted by Gasteiger charge is -2.22. The standard InChI is InChI=1S/C18H27N3O3S/c1-4-7-11-20-17(23)16-14(8-12-25-16)21(18(20)24)13-15(22)19(9-5-2)10-6-3/h8,12H,4-7,9-11,13H2,1-3H3. The fourth-order valence-electron chi connectivity index (χ4n) is 2.94. The molecule has 0 bridgehead atoms. The molecule has 2 aromatic rings. The minimum Gasteiger partial charge on any atom is -0.341 e. The van der Waals surface area contributed by atoms with Crippen LogP contribution in [0.25, 0.3) is 10.2 Å². The van der Waals surface area contributed by atoms with Crippen LogP contribution in [-0.4, -0.2) is 33.0 Å². The number of amides is 1. The van der Waals surface area contributed by atoms with Crippen molar-refractivity contribution in [2.45, 2.75) is 59.5 Å². The van der Waals surface area contributed by atoms with E-state index in [9.17, 15) is 14.4 Å². The molecule has 6 nitrogen and oxygen atoms in total. The van der Waals surface area contributed by atoms with Crippen LogP contribution in [0.15, 0.2) is 21.0 Å². The first-order chi connectivity index (χ1) is 12.0. The monoisotopic (exact) mass is 365 g/mol. The Morgan fingerprint density at radius 3 is 2.36 bits per heavy atom. The molecule has 2 rings (SSSR count). The second-order valence-electron chi connectivity index (χ2n) is 6.19. The van der Waals surface area contributed by atoms with Crippen LogP contribution in [0, 0.1) is 0 Å². The molecule has 7 heteroatoms. The van der Waals surface area contributed by atoms with Crippen molar-refractivity contribution >= 4 is 27.5 Å². The fraction of sp³-hybridized carbons (Fsp3) is 0.611. The van der Waals surface area contributed by atoms with Crippen LogP contribution >= 0.6 is 11.3 Å². The van der Waals surface area contributed by atoms with Crippen molar-refractivity contribution in [2.24, 2.45) is 0 Å². The van der Waals surface area contributed by atoms with Gasteiger partial charge in [0.2, 0.25) is 5.91 Å². The third kappa shape index (κ3) is 4.21. The van der Waals surface area contributed by atoms with E-state index >= 15 is 0 Å². The Bertz CT molecular complexity index is 828. The first-order valence-electron chi connectivity index (χ1n) is 9.03. The maximum Gasteiger partial charge on any atom is 0.332 e. The average molecular weight is 365 g/mol. The Balaban J connectivity index is 2.46. The van der Waals surface area contributed by atoms with Gasteiger partial charge in [0.05, 0.1) is 5.52 Å². The lowest BCUT2D eigenvalue weighted by atomic mass is 10.3. The van der Waals surface area contributed by atoms with Gasteiger partial charge in [-0.05, 0) is 30.7 Å². The van der Waals surface area contributed by atoms with Crippen LogP contribution in [0.5, 0.6) is 0 Å². The molecule has 0 atom stereocenters. The number of fused-ring (bicyclic) bond motifs is 1. The van der Waals surface area contributed by atoms with E-state index in [1.165, 1.54) is 20.5 Å². The van der Waals surface area contributed by atoms with Crippen LogP contribution < -0.4 is 11.2 Å². The van der Waals surface area contributed by atoms with E-state index in [2.05, 4.69) is 0 Å². The topological polar surface area (TPSA) is 64.3 Å². The summed E-state index contributed by atoms with van der Waals surface area (Å²) in [4.78, 5) is 39.9. The fourth-order valence-corrected chi connectivity index (χ4v) is 3.78. The molecule has 25 heavy (non-hydrogen) atoms. The Kier molecular flexibility index (Phi) is 6.99. The summed E-state index contributed by atoms with van der Waals surface area (Å²) in [6, 6.07) is 1.75. The third-order valence-corrected chi connectivity index (χ3v) is 5.10. The van der Waals surface area contributed by atoms with Gasteiger partial charge in [0.15, 0.2) is 0 Å². The molecule has 0 fully saturated rings. The van der Waals surface area contributed by atoms with Gasteiger partial charge in [0.1, 0.15) is 11.2 Å². The number of nitrogens with zero attached hydrogens (tertiary/aromatic N) is 3. The Hall–Kier alpha value is -1.89. The van der Waals surface area contributed by atoms with Gasteiger partial charge in [-0.1, -0.05) is 27.2 Å². The van der Waals surface area contributed by atoms with Crippen molar-refractivity contribution in [2.75, 3.05) is 13.1 Å². The molecule has 0 aliphatic heterocycles. The third-order valence-electron chi connectivity index (χ3n) is 4.20. The van der Waals surface area contributed by atoms with Crippen molar-refractivity contribution in [1.29, 1.82) is 0 Å². The summed E-state index contributed by atoms with van der Waals surface area (Å²) in [5, 5.41) is 1.80. The highest BCUT2D eigenvalue weighted by molar-refractivity contribution is 7.17. The van der Waals surface area contributed by atoms with Crippen LogP contribution in [0.3, 0.4) is 0 Å². The van der Waals surface area contributed by atoms with Gasteiger partial charge in [-0.2, -0.15) is 0 Å². The van der Waals surface area contributed by atoms with Crippen molar-refractivity contribution < 1.29 is 4.79 Å². The number of carbonyl (C=O) groups excluding carboxylic acids is 1. The van der Waals surface area contributed by atoms with Crippen molar-refractivity contribution in [3.63, 3.8) is 0 Å². The van der Waals surface area contributed by atoms with Crippen LogP contribution in [0.4, 0.5) is 0 Å². The van der Waals surface area contributed by atoms with Crippen LogP contribution in [0.2, 0.25) is 0 Å². The molecule has 0 aliphatic rings. The summed E-state index contributed by atoms with van der Waals surface area (Å²) in [6.45, 7) is 7.83. The van der Waals surface area contributed by atoms with E-state index < -0.39 is 0 Å². The molecule has 0 N–H and O–H groups in total. The molecule has 0 spiro atoms. The normalized spacial score (nSPS) is 11.2. The molecular weight excluding hydrogens is 338 g/mol. The quantitative estimate of drug-likeness (QED) is 0.686. The molecular formula is C18H27N3O3S. The minimum absolute atomic E-state index is 0.0154. The molecule has 1 amide bonds. The smallest absolute Gasteiger partial charge is 0.332 e. The van der Waals surface area contributed by atoms with E-state index in [0.717, 1.165) is 25.7 Å². The number of unbranched alkanes of at least 4 members (excludes halogenated alkanes) is 1. The lowest BCUT2D eigenvalue weighted by Crippen LogP contribution is -2.43. The zero-order valence-electron chi connectivity index (χ0n) is 15.3. The Labute approximate surface area is 151 Å². The molecule has 0 aliphatic carbocycles. The summed E-state index contributed by atoms with van der Waals surface area (Å²) in [5.41, 5.74) is -0.0641. The van der Waals surface area contributed by atoms with E-state index in [1.807, 2.05) is 20.8 Å². The highest BCUT2D eigenvalue weighted by Gasteiger charge is 2.18. The Morgan fingerprint density at radius 2 is 1.76 bits per heavy atom. The number of carbonyl (C=O) groups is 1. The minimum atomic E-state index is -0.384. The molecule has 0 aromatic carbocycles. The summed E-state index contributed by atoms with van der Waals surface area (Å²) in [5.74, 6) is -0.0704. The predicted octanol–water partition coefficient (Wildman–Crippen LogP) is 2.67. The largest absolute Gasteiger partial charge is 0.341 e. The number of thiophene rings is 1. The van der Waals surface area contributed by atoms with E-state index in [0.29, 0.717) is 29.9 Å². The lowest BCUT2D eigenvalue weighted by molar-refractivity contribution is -0.131. The summed E-state index contributed by atoms with van der Waals surface area (Å²) in [7, 11) is 0. The molecule has 138 valence electrons. The van der Waals surface area contributed by atoms with Crippen molar-refractivity contribution in [3.8, 4) is 0 Å². The summed E-state index contributed by atoms with van der Waals surface area (Å²) < 4.78 is 3.28. The van der Waals surface area contributed by atoms with Gasteiger partial charge in [-0.25, -0.2) is 4.79 Å². The molecule has 2 heterocycles. The highest BCUT2D eigenvalue weighted by Crippen LogP contribution is 2.15. The second kappa shape index (κ2) is 8.99. The van der Waals surface area contributed by atoms with Crippen LogP contribution in [0.1, 0.15) is 46.5 Å². The highest BCUT2D eigenvalue weighted by atomic mass is 32.1. The summed E-state index contributed by atoms with van der Waals surface area (Å²) >= 11 is 1.32. The van der Waals surface area contributed by atoms with Crippen molar-refractivity contribution in [3.05, 3.63) is 32.3 Å². The second-order valence-corrected chi connectivity index (χ2v) is 7.11. The van der Waals surface area contributed by atoms with Gasteiger partial charge in [-0.3, -0.25) is 18.7 Å². The number of rotatable bonds is 9. The van der Waals surface area contributed by atoms with Gasteiger partial charge >= 0.3 is 5.69 Å². The molecule has 2 aromatic heterocycles. The molecule has 0 saturated heterocycles. The van der Waals surface area contributed by atoms with Gasteiger partial charge < -0.3 is 4.90 Å². The maximum absolute atomic E-state index is 12.8. The van der Waals surface area contributed by atoms with Gasteiger partial charge in [-0.15, -0.1) is 11.3 Å². The number of aromatic nitrogens is 2. The van der Waals surface area contributed by atoms with E-state index in [-0.39, 0.29) is 23.7 Å². The number of hydrogen-bond donors (Lipinski definition) is 0. The predicted molar refractivity (Wildman–Crippen MR) is 102 cm³/mol. The molecule has 0 radical (unpaired) electrons. The zero-order valence-corrected chi connectivity index (χ0v) is 16.1. The summed E-state index contributed by atoms with van der Waals surface area (Å²) in [6.07, 6.45) is 3.42. The average Bonchev–Trinajstić information content (AvgIpc) is 3.08. The van der Waals surface area contributed by atoms with Gasteiger partial charge in [0.25, 0.3) is 5.56 Å². The zero-order chi connectivity index (χ0) is 18.4. The van der Waals surface area contributed by atoms with Crippen LogP contribution in [-0.2, 0) is 17.9 Å². The first kappa shape index (κ1) is 19.4. The van der Waals surface area contributed by atoms with E-state index in [4.69, 9.17) is 0 Å². The van der Waals surface area contributed by atoms with Gasteiger partial charge in [0, 0.05) is 19.6 Å². The van der Waals surface area contributed by atoms with Crippen molar-refractivity contribution in [1.82, 2.24) is 14.0 Å². The molecule has 0 saturated carbocycles. The Morgan fingerprint density at radius 1 is 1.08 bits per heavy atom.